The van der Waals surface area contributed by atoms with Crippen molar-refractivity contribution in [2.45, 2.75) is 51.6 Å². The highest BCUT2D eigenvalue weighted by Gasteiger charge is 2.22. The third-order valence-corrected chi connectivity index (χ3v) is 4.38. The van der Waals surface area contributed by atoms with Crippen LogP contribution in [0.15, 0.2) is 30.3 Å². The van der Waals surface area contributed by atoms with Crippen LogP contribution in [0, 0.1) is 0 Å². The average Bonchev–Trinajstić information content (AvgIpc) is 3.02. The fourth-order valence-corrected chi connectivity index (χ4v) is 3.20. The van der Waals surface area contributed by atoms with Crippen LogP contribution in [0.5, 0.6) is 0 Å². The lowest BCUT2D eigenvalue weighted by molar-refractivity contribution is 0.151. The van der Waals surface area contributed by atoms with Gasteiger partial charge in [-0.1, -0.05) is 44.4 Å². The lowest BCUT2D eigenvalue weighted by Crippen LogP contribution is -2.36. The van der Waals surface area contributed by atoms with Gasteiger partial charge in [-0.3, -0.25) is 4.90 Å². The van der Waals surface area contributed by atoms with Gasteiger partial charge >= 0.3 is 0 Å². The summed E-state index contributed by atoms with van der Waals surface area (Å²) in [4.78, 5) is 2.52. The molecule has 5 nitrogen and oxygen atoms in total. The van der Waals surface area contributed by atoms with Crippen molar-refractivity contribution in [3.63, 3.8) is 0 Å². The van der Waals surface area contributed by atoms with E-state index in [1.807, 2.05) is 35.0 Å². The summed E-state index contributed by atoms with van der Waals surface area (Å²) in [5.74, 6) is 0.925. The fraction of sp³-hybridized carbons (Fsp3) is 0.562. The topological polar surface area (TPSA) is 46.8 Å². The molecular weight excluding hydrogens is 262 g/mol. The maximum absolute atomic E-state index is 4.24. The number of rotatable bonds is 5. The van der Waals surface area contributed by atoms with Gasteiger partial charge in [0.05, 0.1) is 12.2 Å². The van der Waals surface area contributed by atoms with E-state index in [2.05, 4.69) is 27.3 Å². The first-order chi connectivity index (χ1) is 10.4. The highest BCUT2D eigenvalue weighted by Crippen LogP contribution is 2.23. The molecular formula is C16H23N5. The zero-order valence-electron chi connectivity index (χ0n) is 12.6. The molecule has 112 valence electrons. The standard InChI is InChI=1S/C16H23N5/c1-2-20(14-9-5-3-6-10-14)13-16-17-18-19-21(16)15-11-7-4-8-12-15/h4,7-8,11-12,14H,2-3,5-6,9-10,13H2,1H3. The Labute approximate surface area is 126 Å². The van der Waals surface area contributed by atoms with Gasteiger partial charge in [-0.2, -0.15) is 4.68 Å². The molecule has 0 bridgehead atoms. The van der Waals surface area contributed by atoms with Crippen molar-refractivity contribution in [2.75, 3.05) is 6.54 Å². The Morgan fingerprint density at radius 2 is 1.90 bits per heavy atom. The van der Waals surface area contributed by atoms with Gasteiger partial charge in [-0.05, 0) is 41.9 Å². The van der Waals surface area contributed by atoms with Crippen LogP contribution in [0.2, 0.25) is 0 Å². The van der Waals surface area contributed by atoms with Crippen molar-refractivity contribution < 1.29 is 0 Å². The van der Waals surface area contributed by atoms with Gasteiger partial charge in [0.2, 0.25) is 0 Å². The number of tetrazole rings is 1. The van der Waals surface area contributed by atoms with E-state index >= 15 is 0 Å². The lowest BCUT2D eigenvalue weighted by atomic mass is 9.94. The Hall–Kier alpha value is -1.75. The van der Waals surface area contributed by atoms with Crippen LogP contribution in [-0.2, 0) is 6.54 Å². The Morgan fingerprint density at radius 3 is 2.62 bits per heavy atom. The minimum atomic E-state index is 0.685. The average molecular weight is 285 g/mol. The Kier molecular flexibility index (Phi) is 4.60. The predicted molar refractivity (Wildman–Crippen MR) is 82.1 cm³/mol. The normalized spacial score (nSPS) is 16.5. The number of hydrogen-bond acceptors (Lipinski definition) is 4. The smallest absolute Gasteiger partial charge is 0.170 e. The molecule has 0 atom stereocenters. The molecule has 0 radical (unpaired) electrons. The van der Waals surface area contributed by atoms with Crippen LogP contribution in [0.4, 0.5) is 0 Å². The highest BCUT2D eigenvalue weighted by molar-refractivity contribution is 5.30. The van der Waals surface area contributed by atoms with Crippen LogP contribution in [0.25, 0.3) is 5.69 Å². The molecule has 21 heavy (non-hydrogen) atoms. The molecule has 1 aromatic heterocycles. The minimum absolute atomic E-state index is 0.685. The molecule has 1 aromatic carbocycles. The quantitative estimate of drug-likeness (QED) is 0.847. The van der Waals surface area contributed by atoms with E-state index in [0.717, 1.165) is 24.6 Å². The minimum Gasteiger partial charge on any atom is -0.293 e. The van der Waals surface area contributed by atoms with E-state index in [0.29, 0.717) is 6.04 Å². The van der Waals surface area contributed by atoms with E-state index in [-0.39, 0.29) is 0 Å². The summed E-state index contributed by atoms with van der Waals surface area (Å²) >= 11 is 0. The zero-order valence-corrected chi connectivity index (χ0v) is 12.6. The van der Waals surface area contributed by atoms with Gasteiger partial charge in [0, 0.05) is 6.04 Å². The molecule has 1 aliphatic rings. The van der Waals surface area contributed by atoms with Crippen LogP contribution in [0.3, 0.4) is 0 Å². The second-order valence-electron chi connectivity index (χ2n) is 5.70. The zero-order chi connectivity index (χ0) is 14.5. The number of benzene rings is 1. The van der Waals surface area contributed by atoms with Crippen LogP contribution in [0.1, 0.15) is 44.9 Å². The Bertz CT molecular complexity index is 545. The van der Waals surface area contributed by atoms with E-state index in [4.69, 9.17) is 0 Å². The third kappa shape index (κ3) is 3.29. The molecule has 5 heteroatoms. The summed E-state index contributed by atoms with van der Waals surface area (Å²) in [6.45, 7) is 4.10. The van der Waals surface area contributed by atoms with Crippen molar-refractivity contribution in [3.8, 4) is 5.69 Å². The van der Waals surface area contributed by atoms with E-state index in [1.54, 1.807) is 0 Å². The van der Waals surface area contributed by atoms with Crippen LogP contribution in [-0.4, -0.2) is 37.7 Å². The second kappa shape index (κ2) is 6.80. The van der Waals surface area contributed by atoms with Gasteiger partial charge in [-0.25, -0.2) is 0 Å². The molecule has 3 rings (SSSR count). The van der Waals surface area contributed by atoms with Crippen molar-refractivity contribution in [3.05, 3.63) is 36.2 Å². The molecule has 0 N–H and O–H groups in total. The van der Waals surface area contributed by atoms with Crippen LogP contribution < -0.4 is 0 Å². The molecule has 2 aromatic rings. The number of nitrogens with zero attached hydrogens (tertiary/aromatic N) is 5. The highest BCUT2D eigenvalue weighted by atomic mass is 15.5. The summed E-state index contributed by atoms with van der Waals surface area (Å²) in [5, 5.41) is 12.3. The summed E-state index contributed by atoms with van der Waals surface area (Å²) in [7, 11) is 0. The first-order valence-electron chi connectivity index (χ1n) is 7.95. The summed E-state index contributed by atoms with van der Waals surface area (Å²) in [6.07, 6.45) is 6.70. The molecule has 0 unspecified atom stereocenters. The maximum atomic E-state index is 4.24. The Morgan fingerprint density at radius 1 is 1.14 bits per heavy atom. The number of hydrogen-bond donors (Lipinski definition) is 0. The summed E-state index contributed by atoms with van der Waals surface area (Å²) in [5.41, 5.74) is 1.03. The lowest BCUT2D eigenvalue weighted by Gasteiger charge is -2.32. The summed E-state index contributed by atoms with van der Waals surface area (Å²) in [6, 6.07) is 10.8. The molecule has 1 aliphatic carbocycles. The third-order valence-electron chi connectivity index (χ3n) is 4.38. The monoisotopic (exact) mass is 285 g/mol. The number of para-hydroxylation sites is 1. The van der Waals surface area contributed by atoms with Gasteiger partial charge in [0.1, 0.15) is 0 Å². The first-order valence-corrected chi connectivity index (χ1v) is 7.95. The molecule has 0 saturated heterocycles. The molecule has 1 saturated carbocycles. The van der Waals surface area contributed by atoms with Gasteiger partial charge < -0.3 is 0 Å². The summed E-state index contributed by atoms with van der Waals surface area (Å²) < 4.78 is 1.85. The molecule has 0 amide bonds. The van der Waals surface area contributed by atoms with E-state index < -0.39 is 0 Å². The van der Waals surface area contributed by atoms with Gasteiger partial charge in [0.25, 0.3) is 0 Å². The van der Waals surface area contributed by atoms with E-state index in [9.17, 15) is 0 Å². The van der Waals surface area contributed by atoms with Crippen molar-refractivity contribution in [2.24, 2.45) is 0 Å². The molecule has 0 aliphatic heterocycles. The van der Waals surface area contributed by atoms with Gasteiger partial charge in [-0.15, -0.1) is 5.10 Å². The largest absolute Gasteiger partial charge is 0.293 e. The van der Waals surface area contributed by atoms with Crippen molar-refractivity contribution in [1.82, 2.24) is 25.1 Å². The van der Waals surface area contributed by atoms with Gasteiger partial charge in [0.15, 0.2) is 5.82 Å². The van der Waals surface area contributed by atoms with Crippen molar-refractivity contribution in [1.29, 1.82) is 0 Å². The van der Waals surface area contributed by atoms with E-state index in [1.165, 1.54) is 32.1 Å². The SMILES string of the molecule is CCN(Cc1nnnn1-c1ccccc1)C1CCCCC1. The number of aromatic nitrogens is 4. The first kappa shape index (κ1) is 14.2. The Balaban J connectivity index is 1.76. The van der Waals surface area contributed by atoms with Crippen molar-refractivity contribution >= 4 is 0 Å². The second-order valence-corrected chi connectivity index (χ2v) is 5.70. The molecule has 1 heterocycles. The molecule has 0 spiro atoms. The maximum Gasteiger partial charge on any atom is 0.170 e. The van der Waals surface area contributed by atoms with Crippen LogP contribution >= 0.6 is 0 Å². The predicted octanol–water partition coefficient (Wildman–Crippen LogP) is 2.82. The molecule has 1 fully saturated rings. The fourth-order valence-electron chi connectivity index (χ4n) is 3.20.